The molecule has 112 valence electrons. The van der Waals surface area contributed by atoms with E-state index in [4.69, 9.17) is 11.6 Å². The molecule has 21 heavy (non-hydrogen) atoms. The van der Waals surface area contributed by atoms with Gasteiger partial charge in [-0.2, -0.15) is 15.0 Å². The Morgan fingerprint density at radius 2 is 1.48 bits per heavy atom. The highest BCUT2D eigenvalue weighted by Gasteiger charge is 2.19. The van der Waals surface area contributed by atoms with Gasteiger partial charge in [0.15, 0.2) is 0 Å². The summed E-state index contributed by atoms with van der Waals surface area (Å²) in [5.41, 5.74) is 0. The fourth-order valence-electron chi connectivity index (χ4n) is 1.48. The molecule has 0 amide bonds. The minimum atomic E-state index is -3.88. The number of hydrogen-bond acceptors (Lipinski definition) is 7. The average molecular weight is 329 g/mol. The number of halogens is 1. The third kappa shape index (κ3) is 3.50. The fourth-order valence-corrected chi connectivity index (χ4v) is 2.95. The first-order valence-corrected chi connectivity index (χ1v) is 7.71. The lowest BCUT2D eigenvalue weighted by molar-refractivity contribution is 0.601. The molecular weight excluding hydrogens is 316 g/mol. The van der Waals surface area contributed by atoms with Crippen molar-refractivity contribution in [2.75, 3.05) is 29.5 Å². The third-order valence-corrected chi connectivity index (χ3v) is 4.26. The number of anilines is 3. The second kappa shape index (κ2) is 6.10. The first-order valence-electron chi connectivity index (χ1n) is 5.85. The molecule has 0 bridgehead atoms. The van der Waals surface area contributed by atoms with Gasteiger partial charge < -0.3 is 10.6 Å². The Kier molecular flexibility index (Phi) is 4.43. The Bertz CT molecular complexity index is 730. The quantitative estimate of drug-likeness (QED) is 0.761. The second-order valence-electron chi connectivity index (χ2n) is 3.84. The smallest absolute Gasteiger partial charge is 0.265 e. The summed E-state index contributed by atoms with van der Waals surface area (Å²) in [7, 11) is -0.660. The first kappa shape index (κ1) is 15.3. The van der Waals surface area contributed by atoms with Crippen molar-refractivity contribution >= 4 is 39.5 Å². The zero-order valence-electron chi connectivity index (χ0n) is 11.3. The van der Waals surface area contributed by atoms with Gasteiger partial charge in [-0.05, 0) is 12.1 Å². The molecule has 0 radical (unpaired) electrons. The van der Waals surface area contributed by atoms with E-state index in [2.05, 4.69) is 30.3 Å². The maximum Gasteiger partial charge on any atom is 0.265 e. The van der Waals surface area contributed by atoms with E-state index in [9.17, 15) is 8.42 Å². The summed E-state index contributed by atoms with van der Waals surface area (Å²) in [5, 5.41) is 5.54. The van der Waals surface area contributed by atoms with Crippen LogP contribution < -0.4 is 15.4 Å². The van der Waals surface area contributed by atoms with Crippen LogP contribution in [0.4, 0.5) is 17.8 Å². The lowest BCUT2D eigenvalue weighted by Gasteiger charge is -2.10. The molecule has 3 N–H and O–H groups in total. The number of rotatable bonds is 5. The minimum Gasteiger partial charge on any atom is -0.357 e. The molecule has 0 fully saturated rings. The van der Waals surface area contributed by atoms with Gasteiger partial charge in [0, 0.05) is 14.1 Å². The van der Waals surface area contributed by atoms with Crippen molar-refractivity contribution in [2.24, 2.45) is 0 Å². The van der Waals surface area contributed by atoms with Gasteiger partial charge in [0.2, 0.25) is 17.8 Å². The fraction of sp³-hybridized carbons (Fsp3) is 0.182. The maximum atomic E-state index is 12.3. The van der Waals surface area contributed by atoms with Crippen LogP contribution in [0.25, 0.3) is 0 Å². The molecule has 0 saturated carbocycles. The van der Waals surface area contributed by atoms with Crippen LogP contribution in [-0.4, -0.2) is 37.5 Å². The SMILES string of the molecule is CNc1nc(NC)nc(NS(=O)(=O)c2ccccc2Cl)n1. The topological polar surface area (TPSA) is 109 Å². The van der Waals surface area contributed by atoms with E-state index in [1.807, 2.05) is 0 Å². The third-order valence-electron chi connectivity index (χ3n) is 2.43. The van der Waals surface area contributed by atoms with Crippen molar-refractivity contribution < 1.29 is 8.42 Å². The van der Waals surface area contributed by atoms with E-state index in [0.717, 1.165) is 0 Å². The van der Waals surface area contributed by atoms with Gasteiger partial charge in [0.25, 0.3) is 10.0 Å². The van der Waals surface area contributed by atoms with Crippen molar-refractivity contribution in [3.05, 3.63) is 29.3 Å². The lowest BCUT2D eigenvalue weighted by Crippen LogP contribution is -2.17. The molecule has 0 aliphatic carbocycles. The van der Waals surface area contributed by atoms with E-state index < -0.39 is 10.0 Å². The highest BCUT2D eigenvalue weighted by atomic mass is 35.5. The average Bonchev–Trinajstić information content (AvgIpc) is 2.46. The van der Waals surface area contributed by atoms with Crippen LogP contribution in [0.2, 0.25) is 5.02 Å². The molecule has 10 heteroatoms. The minimum absolute atomic E-state index is 0.0518. The molecule has 0 spiro atoms. The van der Waals surface area contributed by atoms with E-state index >= 15 is 0 Å². The summed E-state index contributed by atoms with van der Waals surface area (Å²) in [6.07, 6.45) is 0. The summed E-state index contributed by atoms with van der Waals surface area (Å²) < 4.78 is 26.8. The van der Waals surface area contributed by atoms with Crippen molar-refractivity contribution in [3.63, 3.8) is 0 Å². The molecule has 2 aromatic rings. The number of benzene rings is 1. The monoisotopic (exact) mass is 328 g/mol. The molecule has 1 heterocycles. The summed E-state index contributed by atoms with van der Waals surface area (Å²) in [5.74, 6) is 0.344. The van der Waals surface area contributed by atoms with Crippen molar-refractivity contribution in [1.82, 2.24) is 15.0 Å². The van der Waals surface area contributed by atoms with E-state index in [0.29, 0.717) is 0 Å². The van der Waals surface area contributed by atoms with Crippen LogP contribution in [-0.2, 0) is 10.0 Å². The number of nitrogens with zero attached hydrogens (tertiary/aromatic N) is 3. The van der Waals surface area contributed by atoms with Crippen molar-refractivity contribution in [1.29, 1.82) is 0 Å². The summed E-state index contributed by atoms with van der Waals surface area (Å²) in [4.78, 5) is 11.8. The number of hydrogen-bond donors (Lipinski definition) is 3. The van der Waals surface area contributed by atoms with Gasteiger partial charge in [-0.1, -0.05) is 23.7 Å². The van der Waals surface area contributed by atoms with Crippen LogP contribution in [0.5, 0.6) is 0 Å². The molecule has 0 aliphatic rings. The lowest BCUT2D eigenvalue weighted by atomic mass is 10.4. The zero-order chi connectivity index (χ0) is 15.5. The van der Waals surface area contributed by atoms with Gasteiger partial charge in [-0.25, -0.2) is 13.1 Å². The van der Waals surface area contributed by atoms with Gasteiger partial charge in [0.05, 0.1) is 5.02 Å². The first-order chi connectivity index (χ1) is 9.96. The molecule has 8 nitrogen and oxygen atoms in total. The predicted molar refractivity (Wildman–Crippen MR) is 81.2 cm³/mol. The molecule has 0 saturated heterocycles. The Morgan fingerprint density at radius 1 is 0.952 bits per heavy atom. The van der Waals surface area contributed by atoms with Crippen LogP contribution in [0.15, 0.2) is 29.2 Å². The number of nitrogens with one attached hydrogen (secondary N) is 3. The van der Waals surface area contributed by atoms with Crippen LogP contribution >= 0.6 is 11.6 Å². The summed E-state index contributed by atoms with van der Waals surface area (Å²) in [6.45, 7) is 0. The van der Waals surface area contributed by atoms with Crippen LogP contribution in [0, 0.1) is 0 Å². The van der Waals surface area contributed by atoms with Gasteiger partial charge in [-0.3, -0.25) is 0 Å². The van der Waals surface area contributed by atoms with Crippen molar-refractivity contribution in [3.8, 4) is 0 Å². The van der Waals surface area contributed by atoms with E-state index in [-0.39, 0.29) is 27.8 Å². The number of sulfonamides is 1. The van der Waals surface area contributed by atoms with E-state index in [1.165, 1.54) is 12.1 Å². The Morgan fingerprint density at radius 3 is 2.00 bits per heavy atom. The molecule has 1 aromatic carbocycles. The number of aromatic nitrogens is 3. The summed E-state index contributed by atoms with van der Waals surface area (Å²) in [6, 6.07) is 6.10. The molecule has 2 rings (SSSR count). The highest BCUT2D eigenvalue weighted by molar-refractivity contribution is 7.92. The van der Waals surface area contributed by atoms with Crippen molar-refractivity contribution in [2.45, 2.75) is 4.90 Å². The maximum absolute atomic E-state index is 12.3. The molecule has 0 aliphatic heterocycles. The Labute approximate surface area is 127 Å². The zero-order valence-corrected chi connectivity index (χ0v) is 12.8. The van der Waals surface area contributed by atoms with Gasteiger partial charge in [-0.15, -0.1) is 0 Å². The molecular formula is C11H13ClN6O2S. The molecule has 1 aromatic heterocycles. The van der Waals surface area contributed by atoms with E-state index in [1.54, 1.807) is 26.2 Å². The predicted octanol–water partition coefficient (Wildman–Crippen LogP) is 1.41. The highest BCUT2D eigenvalue weighted by Crippen LogP contribution is 2.22. The Hall–Kier alpha value is -2.13. The standard InChI is InChI=1S/C11H13ClN6O2S/c1-13-9-15-10(14-2)17-11(16-9)18-21(19,20)8-6-4-3-5-7(8)12/h3-6H,1-2H3,(H3,13,14,15,16,17,18). The molecule has 0 atom stereocenters. The molecule has 0 unspecified atom stereocenters. The Balaban J connectivity index is 2.39. The second-order valence-corrected chi connectivity index (χ2v) is 5.90. The normalized spacial score (nSPS) is 11.0. The van der Waals surface area contributed by atoms with Gasteiger partial charge >= 0.3 is 0 Å². The summed E-state index contributed by atoms with van der Waals surface area (Å²) >= 11 is 5.90. The van der Waals surface area contributed by atoms with Crippen LogP contribution in [0.1, 0.15) is 0 Å². The largest absolute Gasteiger partial charge is 0.357 e. The van der Waals surface area contributed by atoms with Crippen LogP contribution in [0.3, 0.4) is 0 Å². The van der Waals surface area contributed by atoms with Gasteiger partial charge in [0.1, 0.15) is 4.90 Å².